The van der Waals surface area contributed by atoms with Crippen molar-refractivity contribution in [3.05, 3.63) is 74.3 Å². The van der Waals surface area contributed by atoms with E-state index in [0.29, 0.717) is 16.6 Å². The van der Waals surface area contributed by atoms with Crippen LogP contribution in [0, 0.1) is 18.6 Å². The van der Waals surface area contributed by atoms with Crippen LogP contribution < -0.4 is 5.56 Å². The Balaban J connectivity index is 1.45. The maximum atomic E-state index is 14.2. The molecule has 2 aromatic heterocycles. The highest BCUT2D eigenvalue weighted by atomic mass is 19.1. The van der Waals surface area contributed by atoms with Gasteiger partial charge in [-0.15, -0.1) is 10.2 Å². The van der Waals surface area contributed by atoms with Crippen LogP contribution in [0.5, 0.6) is 0 Å². The number of H-pyrrole nitrogens is 1. The van der Waals surface area contributed by atoms with Crippen LogP contribution in [0.2, 0.25) is 0 Å². The topological polar surface area (TPSA) is 83.4 Å². The molecular formula is C24H21F2N5O2. The van der Waals surface area contributed by atoms with Crippen LogP contribution in [-0.4, -0.2) is 30.4 Å². The van der Waals surface area contributed by atoms with Crippen LogP contribution in [0.25, 0.3) is 16.7 Å². The van der Waals surface area contributed by atoms with Crippen LogP contribution in [0.15, 0.2) is 29.1 Å². The van der Waals surface area contributed by atoms with Crippen molar-refractivity contribution in [1.29, 1.82) is 0 Å². The van der Waals surface area contributed by atoms with Gasteiger partial charge in [0.2, 0.25) is 5.65 Å². The van der Waals surface area contributed by atoms with Crippen molar-refractivity contribution in [2.24, 2.45) is 0 Å². The lowest BCUT2D eigenvalue weighted by molar-refractivity contribution is 0.0749. The standard InChI is InChI=1S/C24H21F2N5O2/c1-12-8-20-19(27-23(32)22-29-28-21(31(20)22)13-4-2-3-5-13)9-14(12)24(33)30-10-15-16(11-30)18(26)7-6-17(15)25/h6-9,13H,2-5,10-11H2,1H3,(H,27,32). The number of halogens is 2. The summed E-state index contributed by atoms with van der Waals surface area (Å²) in [4.78, 5) is 30.3. The molecule has 0 unspecified atom stereocenters. The Bertz CT molecular complexity index is 1490. The van der Waals surface area contributed by atoms with E-state index in [1.54, 1.807) is 6.07 Å². The number of aryl methyl sites for hydroxylation is 1. The van der Waals surface area contributed by atoms with Crippen LogP contribution in [0.1, 0.15) is 64.5 Å². The number of fused-ring (bicyclic) bond motifs is 4. The Morgan fingerprint density at radius 1 is 1.06 bits per heavy atom. The Kier molecular flexibility index (Phi) is 4.36. The minimum absolute atomic E-state index is 0.00204. The average Bonchev–Trinajstić information content (AvgIpc) is 3.55. The normalized spacial score (nSPS) is 16.3. The van der Waals surface area contributed by atoms with Gasteiger partial charge in [0.05, 0.1) is 11.0 Å². The molecule has 3 heterocycles. The molecule has 2 aromatic carbocycles. The number of hydrogen-bond acceptors (Lipinski definition) is 4. The number of carbonyl (C=O) groups excluding carboxylic acids is 1. The van der Waals surface area contributed by atoms with E-state index in [1.807, 2.05) is 17.4 Å². The van der Waals surface area contributed by atoms with Crippen molar-refractivity contribution >= 4 is 22.6 Å². The molecule has 1 fully saturated rings. The van der Waals surface area contributed by atoms with Gasteiger partial charge in [-0.05, 0) is 49.6 Å². The minimum Gasteiger partial charge on any atom is -0.330 e. The van der Waals surface area contributed by atoms with E-state index >= 15 is 0 Å². The smallest absolute Gasteiger partial charge is 0.294 e. The van der Waals surface area contributed by atoms with Crippen molar-refractivity contribution in [2.75, 3.05) is 0 Å². The van der Waals surface area contributed by atoms with Crippen LogP contribution in [0.4, 0.5) is 8.78 Å². The number of hydrogen-bond donors (Lipinski definition) is 1. The molecule has 6 rings (SSSR count). The van der Waals surface area contributed by atoms with E-state index in [2.05, 4.69) is 15.2 Å². The lowest BCUT2D eigenvalue weighted by Crippen LogP contribution is -2.26. The van der Waals surface area contributed by atoms with Gasteiger partial charge in [0.1, 0.15) is 17.5 Å². The molecule has 168 valence electrons. The zero-order valence-electron chi connectivity index (χ0n) is 18.0. The van der Waals surface area contributed by atoms with Crippen LogP contribution in [0.3, 0.4) is 0 Å². The molecule has 33 heavy (non-hydrogen) atoms. The van der Waals surface area contributed by atoms with Gasteiger partial charge in [0, 0.05) is 35.7 Å². The Hall–Kier alpha value is -3.62. The molecule has 0 spiro atoms. The lowest BCUT2D eigenvalue weighted by Gasteiger charge is -2.18. The summed E-state index contributed by atoms with van der Waals surface area (Å²) < 4.78 is 30.1. The number of amides is 1. The first-order valence-corrected chi connectivity index (χ1v) is 11.1. The SMILES string of the molecule is Cc1cc2c(cc1C(=O)N1Cc3c(F)ccc(F)c3C1)[nH]c(=O)c1nnc(C3CCCC3)n12. The maximum absolute atomic E-state index is 14.2. The monoisotopic (exact) mass is 449 g/mol. The number of nitrogens with zero attached hydrogens (tertiary/aromatic N) is 4. The molecule has 0 radical (unpaired) electrons. The van der Waals surface area contributed by atoms with E-state index in [-0.39, 0.29) is 47.2 Å². The number of nitrogens with one attached hydrogen (secondary N) is 1. The molecule has 1 aliphatic heterocycles. The highest BCUT2D eigenvalue weighted by Crippen LogP contribution is 2.34. The number of benzene rings is 2. The largest absolute Gasteiger partial charge is 0.330 e. The third-order valence-corrected chi connectivity index (χ3v) is 6.98. The predicted molar refractivity (Wildman–Crippen MR) is 117 cm³/mol. The van der Waals surface area contributed by atoms with Gasteiger partial charge in [0.15, 0.2) is 0 Å². The fourth-order valence-corrected chi connectivity index (χ4v) is 5.24. The van der Waals surface area contributed by atoms with Crippen molar-refractivity contribution in [2.45, 2.75) is 51.6 Å². The number of aromatic amines is 1. The molecule has 0 atom stereocenters. The third-order valence-electron chi connectivity index (χ3n) is 6.98. The highest BCUT2D eigenvalue weighted by Gasteiger charge is 2.30. The van der Waals surface area contributed by atoms with Crippen molar-refractivity contribution in [3.8, 4) is 0 Å². The van der Waals surface area contributed by atoms with Gasteiger partial charge in [-0.1, -0.05) is 12.8 Å². The van der Waals surface area contributed by atoms with E-state index in [0.717, 1.165) is 49.2 Å². The summed E-state index contributed by atoms with van der Waals surface area (Å²) >= 11 is 0. The Labute approximate surface area is 187 Å². The maximum Gasteiger partial charge on any atom is 0.294 e. The summed E-state index contributed by atoms with van der Waals surface area (Å²) in [5.41, 5.74) is 2.58. The zero-order chi connectivity index (χ0) is 22.9. The summed E-state index contributed by atoms with van der Waals surface area (Å²) in [7, 11) is 0. The van der Waals surface area contributed by atoms with Gasteiger partial charge >= 0.3 is 0 Å². The van der Waals surface area contributed by atoms with E-state index in [1.165, 1.54) is 4.90 Å². The molecule has 0 bridgehead atoms. The number of rotatable bonds is 2. The molecular weight excluding hydrogens is 428 g/mol. The summed E-state index contributed by atoms with van der Waals surface area (Å²) in [6.07, 6.45) is 4.26. The van der Waals surface area contributed by atoms with Gasteiger partial charge in [-0.3, -0.25) is 14.0 Å². The molecule has 7 nitrogen and oxygen atoms in total. The minimum atomic E-state index is -0.518. The third kappa shape index (κ3) is 2.98. The Morgan fingerprint density at radius 3 is 2.39 bits per heavy atom. The fourth-order valence-electron chi connectivity index (χ4n) is 5.24. The van der Waals surface area contributed by atoms with Gasteiger partial charge in [-0.2, -0.15) is 0 Å². The van der Waals surface area contributed by atoms with Gasteiger partial charge in [0.25, 0.3) is 11.5 Å². The molecule has 1 aliphatic carbocycles. The summed E-state index contributed by atoms with van der Waals surface area (Å²) in [5, 5.41) is 8.45. The number of carbonyl (C=O) groups is 1. The van der Waals surface area contributed by atoms with E-state index in [4.69, 9.17) is 0 Å². The summed E-state index contributed by atoms with van der Waals surface area (Å²) in [5.74, 6) is -0.353. The van der Waals surface area contributed by atoms with Crippen molar-refractivity contribution in [1.82, 2.24) is 24.5 Å². The average molecular weight is 449 g/mol. The quantitative estimate of drug-likeness (QED) is 0.502. The van der Waals surface area contributed by atoms with E-state index in [9.17, 15) is 18.4 Å². The van der Waals surface area contributed by atoms with Crippen molar-refractivity contribution in [3.63, 3.8) is 0 Å². The lowest BCUT2D eigenvalue weighted by atomic mass is 10.0. The number of aromatic nitrogens is 4. The van der Waals surface area contributed by atoms with Crippen LogP contribution >= 0.6 is 0 Å². The first-order valence-electron chi connectivity index (χ1n) is 11.1. The molecule has 9 heteroatoms. The summed E-state index contributed by atoms with van der Waals surface area (Å²) in [6.45, 7) is 1.82. The second-order valence-corrected chi connectivity index (χ2v) is 8.98. The summed E-state index contributed by atoms with van der Waals surface area (Å²) in [6, 6.07) is 5.65. The first kappa shape index (κ1) is 20.0. The molecule has 4 aromatic rings. The fraction of sp³-hybridized carbons (Fsp3) is 0.333. The predicted octanol–water partition coefficient (Wildman–Crippen LogP) is 3.97. The van der Waals surface area contributed by atoms with Crippen molar-refractivity contribution < 1.29 is 13.6 Å². The Morgan fingerprint density at radius 2 is 1.73 bits per heavy atom. The zero-order valence-corrected chi connectivity index (χ0v) is 18.0. The first-order chi connectivity index (χ1) is 15.9. The second kappa shape index (κ2) is 7.19. The van der Waals surface area contributed by atoms with Crippen LogP contribution in [-0.2, 0) is 13.1 Å². The van der Waals surface area contributed by atoms with E-state index < -0.39 is 11.6 Å². The molecule has 1 saturated carbocycles. The van der Waals surface area contributed by atoms with Gasteiger partial charge in [-0.25, -0.2) is 8.78 Å². The molecule has 1 N–H and O–H groups in total. The van der Waals surface area contributed by atoms with Gasteiger partial charge < -0.3 is 9.88 Å². The molecule has 1 amide bonds. The second-order valence-electron chi connectivity index (χ2n) is 8.98. The molecule has 2 aliphatic rings. The highest BCUT2D eigenvalue weighted by molar-refractivity contribution is 5.99. The molecule has 0 saturated heterocycles.